The van der Waals surface area contributed by atoms with Crippen molar-refractivity contribution >= 4 is 34.7 Å². The summed E-state index contributed by atoms with van der Waals surface area (Å²) in [6.45, 7) is 0. The number of carbonyl (C=O) groups is 1. The summed E-state index contributed by atoms with van der Waals surface area (Å²) in [5.74, 6) is -0.641. The topological polar surface area (TPSA) is 59.5 Å². The number of furan rings is 1. The van der Waals surface area contributed by atoms with Gasteiger partial charge in [0.15, 0.2) is 5.76 Å². The fraction of sp³-hybridized carbons (Fsp3) is 0. The van der Waals surface area contributed by atoms with Crippen molar-refractivity contribution in [1.29, 1.82) is 0 Å². The first kappa shape index (κ1) is 17.1. The maximum Gasteiger partial charge on any atom is 0.307 e. The Morgan fingerprint density at radius 1 is 1.15 bits per heavy atom. The van der Waals surface area contributed by atoms with Gasteiger partial charge in [-0.2, -0.15) is 5.10 Å². The van der Waals surface area contributed by atoms with E-state index >= 15 is 0 Å². The molecule has 0 fully saturated rings. The lowest BCUT2D eigenvalue weighted by Crippen LogP contribution is -2.17. The molecule has 0 unspecified atom stereocenters. The van der Waals surface area contributed by atoms with E-state index in [0.29, 0.717) is 10.6 Å². The summed E-state index contributed by atoms with van der Waals surface area (Å²) in [4.78, 5) is 12.2. The van der Waals surface area contributed by atoms with Crippen LogP contribution in [0, 0.1) is 5.82 Å². The van der Waals surface area contributed by atoms with E-state index in [1.807, 2.05) is 22.9 Å². The van der Waals surface area contributed by atoms with Crippen molar-refractivity contribution in [1.82, 2.24) is 9.99 Å². The standard InChI is InChI=1S/C20H13ClFN3O2/c21-14-3-8-18-13(10-14)11-19(27-18)20(26)24-23-12-17-2-1-9-25(17)16-6-4-15(22)5-7-16/h1-12H,(H,24,26)/b23-12+. The molecule has 0 radical (unpaired) electrons. The van der Waals surface area contributed by atoms with Gasteiger partial charge < -0.3 is 8.98 Å². The van der Waals surface area contributed by atoms with Crippen molar-refractivity contribution < 1.29 is 13.6 Å². The van der Waals surface area contributed by atoms with Crippen LogP contribution in [0.4, 0.5) is 4.39 Å². The number of nitrogens with zero attached hydrogens (tertiary/aromatic N) is 2. The maximum atomic E-state index is 13.1. The van der Waals surface area contributed by atoms with Gasteiger partial charge in [-0.1, -0.05) is 11.6 Å². The number of benzene rings is 2. The molecular weight excluding hydrogens is 369 g/mol. The molecule has 0 spiro atoms. The van der Waals surface area contributed by atoms with Gasteiger partial charge >= 0.3 is 5.91 Å². The number of carbonyl (C=O) groups excluding carboxylic acids is 1. The van der Waals surface area contributed by atoms with E-state index in [4.69, 9.17) is 16.0 Å². The van der Waals surface area contributed by atoms with E-state index < -0.39 is 5.91 Å². The van der Waals surface area contributed by atoms with Crippen molar-refractivity contribution in [2.45, 2.75) is 0 Å². The Labute approximate surface area is 158 Å². The lowest BCUT2D eigenvalue weighted by Gasteiger charge is -2.05. The van der Waals surface area contributed by atoms with Gasteiger partial charge in [0.05, 0.1) is 11.9 Å². The number of hydrogen-bond acceptors (Lipinski definition) is 3. The minimum absolute atomic E-state index is 0.137. The second-order valence-corrected chi connectivity index (χ2v) is 6.21. The van der Waals surface area contributed by atoms with Crippen LogP contribution in [0.2, 0.25) is 5.02 Å². The molecule has 2 aromatic heterocycles. The third-order valence-electron chi connectivity index (χ3n) is 3.95. The monoisotopic (exact) mass is 381 g/mol. The van der Waals surface area contributed by atoms with Crippen LogP contribution in [0.25, 0.3) is 16.7 Å². The third-order valence-corrected chi connectivity index (χ3v) is 4.19. The summed E-state index contributed by atoms with van der Waals surface area (Å²) < 4.78 is 20.4. The molecule has 2 heterocycles. The van der Waals surface area contributed by atoms with Crippen molar-refractivity contribution in [2.75, 3.05) is 0 Å². The highest BCUT2D eigenvalue weighted by molar-refractivity contribution is 6.31. The van der Waals surface area contributed by atoms with Crippen LogP contribution >= 0.6 is 11.6 Å². The number of nitrogens with one attached hydrogen (secondary N) is 1. The Morgan fingerprint density at radius 3 is 2.78 bits per heavy atom. The number of rotatable bonds is 4. The van der Waals surface area contributed by atoms with Crippen LogP contribution < -0.4 is 5.43 Å². The molecule has 0 aliphatic carbocycles. The van der Waals surface area contributed by atoms with Crippen molar-refractivity contribution in [2.24, 2.45) is 5.10 Å². The van der Waals surface area contributed by atoms with E-state index in [9.17, 15) is 9.18 Å². The molecule has 27 heavy (non-hydrogen) atoms. The highest BCUT2D eigenvalue weighted by Gasteiger charge is 2.12. The second-order valence-electron chi connectivity index (χ2n) is 5.77. The van der Waals surface area contributed by atoms with Crippen LogP contribution in [0.3, 0.4) is 0 Å². The number of hydrazone groups is 1. The number of halogens is 2. The van der Waals surface area contributed by atoms with Gasteiger partial charge in [0, 0.05) is 22.3 Å². The molecule has 0 saturated heterocycles. The summed E-state index contributed by atoms with van der Waals surface area (Å²) in [6, 6.07) is 16.4. The van der Waals surface area contributed by atoms with E-state index in [2.05, 4.69) is 10.5 Å². The number of aromatic nitrogens is 1. The molecule has 4 aromatic rings. The van der Waals surface area contributed by atoms with E-state index in [1.54, 1.807) is 36.4 Å². The maximum absolute atomic E-state index is 13.1. The molecule has 134 valence electrons. The van der Waals surface area contributed by atoms with Crippen LogP contribution in [0.5, 0.6) is 0 Å². The summed E-state index contributed by atoms with van der Waals surface area (Å²) >= 11 is 5.93. The molecule has 7 heteroatoms. The summed E-state index contributed by atoms with van der Waals surface area (Å²) in [5.41, 5.74) is 4.50. The van der Waals surface area contributed by atoms with Crippen LogP contribution in [0.15, 0.2) is 76.4 Å². The van der Waals surface area contributed by atoms with Gasteiger partial charge in [0.25, 0.3) is 0 Å². The van der Waals surface area contributed by atoms with E-state index in [1.165, 1.54) is 18.3 Å². The normalized spacial score (nSPS) is 11.3. The Hall–Kier alpha value is -3.38. The Bertz CT molecular complexity index is 1150. The van der Waals surface area contributed by atoms with Crippen LogP contribution in [-0.2, 0) is 0 Å². The predicted molar refractivity (Wildman–Crippen MR) is 102 cm³/mol. The highest BCUT2D eigenvalue weighted by Crippen LogP contribution is 2.23. The molecule has 5 nitrogen and oxygen atoms in total. The molecule has 0 saturated carbocycles. The van der Waals surface area contributed by atoms with Gasteiger partial charge in [0.2, 0.25) is 0 Å². The SMILES string of the molecule is O=C(N/N=C/c1cccn1-c1ccc(F)cc1)c1cc2cc(Cl)ccc2o1. The molecule has 0 atom stereocenters. The zero-order valence-electron chi connectivity index (χ0n) is 13.9. The summed E-state index contributed by atoms with van der Waals surface area (Å²) in [5, 5.41) is 5.28. The highest BCUT2D eigenvalue weighted by atomic mass is 35.5. The fourth-order valence-corrected chi connectivity index (χ4v) is 2.85. The second kappa shape index (κ2) is 7.09. The van der Waals surface area contributed by atoms with Gasteiger partial charge in [-0.3, -0.25) is 4.79 Å². The van der Waals surface area contributed by atoms with Crippen molar-refractivity contribution in [3.63, 3.8) is 0 Å². The molecule has 0 aliphatic heterocycles. The summed E-state index contributed by atoms with van der Waals surface area (Å²) in [6.07, 6.45) is 3.32. The predicted octanol–water partition coefficient (Wildman–Crippen LogP) is 4.78. The molecule has 1 N–H and O–H groups in total. The van der Waals surface area contributed by atoms with Crippen molar-refractivity contribution in [3.05, 3.63) is 89.2 Å². The molecule has 0 bridgehead atoms. The minimum atomic E-state index is -0.474. The molecule has 1 amide bonds. The zero-order chi connectivity index (χ0) is 18.8. The Morgan fingerprint density at radius 2 is 1.96 bits per heavy atom. The van der Waals surface area contributed by atoms with Crippen molar-refractivity contribution in [3.8, 4) is 5.69 Å². The fourth-order valence-electron chi connectivity index (χ4n) is 2.67. The average Bonchev–Trinajstić information content (AvgIpc) is 3.29. The quantitative estimate of drug-likeness (QED) is 0.408. The average molecular weight is 382 g/mol. The molecule has 2 aromatic carbocycles. The number of fused-ring (bicyclic) bond motifs is 1. The molecule has 0 aliphatic rings. The summed E-state index contributed by atoms with van der Waals surface area (Å²) in [7, 11) is 0. The number of amides is 1. The lowest BCUT2D eigenvalue weighted by atomic mass is 10.2. The smallest absolute Gasteiger partial charge is 0.307 e. The van der Waals surface area contributed by atoms with Gasteiger partial charge in [0.1, 0.15) is 11.4 Å². The van der Waals surface area contributed by atoms with E-state index in [-0.39, 0.29) is 11.6 Å². The minimum Gasteiger partial charge on any atom is -0.451 e. The molecular formula is C20H13ClFN3O2. The van der Waals surface area contributed by atoms with E-state index in [0.717, 1.165) is 16.8 Å². The zero-order valence-corrected chi connectivity index (χ0v) is 14.7. The third kappa shape index (κ3) is 3.61. The van der Waals surface area contributed by atoms with Gasteiger partial charge in [-0.25, -0.2) is 9.82 Å². The molecule has 4 rings (SSSR count). The van der Waals surface area contributed by atoms with Crippen LogP contribution in [-0.4, -0.2) is 16.7 Å². The first-order valence-corrected chi connectivity index (χ1v) is 8.44. The van der Waals surface area contributed by atoms with Gasteiger partial charge in [-0.05, 0) is 60.7 Å². The largest absolute Gasteiger partial charge is 0.451 e. The Kier molecular flexibility index (Phi) is 4.48. The first-order valence-electron chi connectivity index (χ1n) is 8.06. The lowest BCUT2D eigenvalue weighted by molar-refractivity contribution is 0.0929. The first-order chi connectivity index (χ1) is 13.1. The number of hydrogen-bond donors (Lipinski definition) is 1. The van der Waals surface area contributed by atoms with Gasteiger partial charge in [-0.15, -0.1) is 0 Å². The van der Waals surface area contributed by atoms with Crippen LogP contribution in [0.1, 0.15) is 16.2 Å². The Balaban J connectivity index is 1.50.